The first kappa shape index (κ1) is 17.1. The van der Waals surface area contributed by atoms with Crippen LogP contribution >= 0.6 is 11.6 Å². The molecule has 5 nitrogen and oxygen atoms in total. The van der Waals surface area contributed by atoms with Crippen LogP contribution in [-0.2, 0) is 4.79 Å². The second-order valence-corrected chi connectivity index (χ2v) is 6.46. The van der Waals surface area contributed by atoms with Crippen molar-refractivity contribution in [3.05, 3.63) is 89.4 Å². The zero-order valence-electron chi connectivity index (χ0n) is 14.1. The van der Waals surface area contributed by atoms with E-state index in [1.54, 1.807) is 48.5 Å². The predicted molar refractivity (Wildman–Crippen MR) is 103 cm³/mol. The Labute approximate surface area is 161 Å². The van der Waals surface area contributed by atoms with Gasteiger partial charge in [0.15, 0.2) is 0 Å². The fourth-order valence-corrected chi connectivity index (χ4v) is 3.11. The molecule has 134 valence electrons. The number of anilines is 1. The highest BCUT2D eigenvalue weighted by Crippen LogP contribution is 2.33. The molecule has 0 aromatic heterocycles. The molecule has 1 atom stereocenters. The summed E-state index contributed by atoms with van der Waals surface area (Å²) in [7, 11) is 0. The van der Waals surface area contributed by atoms with Gasteiger partial charge in [-0.2, -0.15) is 0 Å². The number of halogens is 1. The van der Waals surface area contributed by atoms with Crippen molar-refractivity contribution >= 4 is 29.2 Å². The van der Waals surface area contributed by atoms with Crippen molar-refractivity contribution in [2.24, 2.45) is 0 Å². The van der Waals surface area contributed by atoms with E-state index in [1.165, 1.54) is 4.90 Å². The van der Waals surface area contributed by atoms with Gasteiger partial charge in [-0.15, -0.1) is 0 Å². The number of nitrogens with zero attached hydrogens (tertiary/aromatic N) is 1. The van der Waals surface area contributed by atoms with Crippen LogP contribution in [0.5, 0.6) is 11.5 Å². The van der Waals surface area contributed by atoms with Crippen molar-refractivity contribution in [2.75, 3.05) is 4.90 Å². The minimum atomic E-state index is -0.693. The second kappa shape index (κ2) is 7.13. The van der Waals surface area contributed by atoms with Crippen LogP contribution in [0.1, 0.15) is 11.6 Å². The van der Waals surface area contributed by atoms with Crippen molar-refractivity contribution in [3.8, 4) is 11.5 Å². The van der Waals surface area contributed by atoms with Gasteiger partial charge in [0.2, 0.25) is 0 Å². The molecule has 0 spiro atoms. The molecule has 1 heterocycles. The van der Waals surface area contributed by atoms with Gasteiger partial charge in [0.25, 0.3) is 5.91 Å². The maximum absolute atomic E-state index is 12.3. The summed E-state index contributed by atoms with van der Waals surface area (Å²) in [6.07, 6.45) is 0. The highest BCUT2D eigenvalue weighted by molar-refractivity contribution is 6.30. The summed E-state index contributed by atoms with van der Waals surface area (Å²) in [6, 6.07) is 22.1. The molecule has 3 aromatic carbocycles. The van der Waals surface area contributed by atoms with Gasteiger partial charge < -0.3 is 4.74 Å². The number of rotatable bonds is 4. The van der Waals surface area contributed by atoms with Gasteiger partial charge in [-0.05, 0) is 54.1 Å². The first-order valence-corrected chi connectivity index (χ1v) is 8.72. The molecule has 1 saturated heterocycles. The van der Waals surface area contributed by atoms with Crippen LogP contribution < -0.4 is 15.0 Å². The first-order valence-electron chi connectivity index (χ1n) is 8.34. The number of ether oxygens (including phenoxy) is 1. The summed E-state index contributed by atoms with van der Waals surface area (Å²) in [5.41, 5.74) is 1.36. The van der Waals surface area contributed by atoms with E-state index in [2.05, 4.69) is 5.32 Å². The summed E-state index contributed by atoms with van der Waals surface area (Å²) < 4.78 is 5.77. The first-order chi connectivity index (χ1) is 13.1. The van der Waals surface area contributed by atoms with Crippen LogP contribution in [-0.4, -0.2) is 11.9 Å². The van der Waals surface area contributed by atoms with Gasteiger partial charge in [0, 0.05) is 10.7 Å². The smallest absolute Gasteiger partial charge is 0.329 e. The number of amides is 3. The Morgan fingerprint density at radius 3 is 2.04 bits per heavy atom. The third-order valence-electron chi connectivity index (χ3n) is 4.24. The number of benzene rings is 3. The SMILES string of the molecule is O=C1NC(=O)N(c2ccc(Oc3ccc(Cl)cc3)cc2)C1c1ccccc1. The molecule has 4 rings (SSSR count). The molecule has 0 radical (unpaired) electrons. The van der Waals surface area contributed by atoms with E-state index in [4.69, 9.17) is 16.3 Å². The van der Waals surface area contributed by atoms with E-state index in [-0.39, 0.29) is 5.91 Å². The van der Waals surface area contributed by atoms with Crippen molar-refractivity contribution in [1.82, 2.24) is 5.32 Å². The Morgan fingerprint density at radius 1 is 0.815 bits per heavy atom. The number of hydrogen-bond donors (Lipinski definition) is 1. The van der Waals surface area contributed by atoms with Gasteiger partial charge in [-0.25, -0.2) is 4.79 Å². The molecule has 0 bridgehead atoms. The van der Waals surface area contributed by atoms with Gasteiger partial charge in [-0.3, -0.25) is 15.0 Å². The van der Waals surface area contributed by atoms with Crippen molar-refractivity contribution < 1.29 is 14.3 Å². The number of urea groups is 1. The molecule has 1 aliphatic rings. The van der Waals surface area contributed by atoms with Gasteiger partial charge >= 0.3 is 6.03 Å². The minimum absolute atomic E-state index is 0.340. The van der Waals surface area contributed by atoms with Crippen LogP contribution in [0.2, 0.25) is 5.02 Å². The quantitative estimate of drug-likeness (QED) is 0.655. The maximum atomic E-state index is 12.3. The van der Waals surface area contributed by atoms with Crippen LogP contribution in [0.3, 0.4) is 0 Å². The van der Waals surface area contributed by atoms with E-state index >= 15 is 0 Å². The molecule has 1 unspecified atom stereocenters. The molecule has 1 N–H and O–H groups in total. The predicted octanol–water partition coefficient (Wildman–Crippen LogP) is 4.93. The molecule has 3 aromatic rings. The topological polar surface area (TPSA) is 58.6 Å². The summed E-state index contributed by atoms with van der Waals surface area (Å²) in [5, 5.41) is 3.01. The van der Waals surface area contributed by atoms with E-state index in [0.29, 0.717) is 22.2 Å². The van der Waals surface area contributed by atoms with Crippen LogP contribution in [0.15, 0.2) is 78.9 Å². The maximum Gasteiger partial charge on any atom is 0.329 e. The number of nitrogens with one attached hydrogen (secondary N) is 1. The molecule has 3 amide bonds. The largest absolute Gasteiger partial charge is 0.457 e. The molecule has 1 fully saturated rings. The molecule has 0 saturated carbocycles. The van der Waals surface area contributed by atoms with E-state index in [1.807, 2.05) is 30.3 Å². The average molecular weight is 379 g/mol. The lowest BCUT2D eigenvalue weighted by Crippen LogP contribution is -2.29. The van der Waals surface area contributed by atoms with Crippen LogP contribution in [0.25, 0.3) is 0 Å². The molecular formula is C21H15ClN2O3. The van der Waals surface area contributed by atoms with Crippen LogP contribution in [0.4, 0.5) is 10.5 Å². The zero-order chi connectivity index (χ0) is 18.8. The fraction of sp³-hybridized carbons (Fsp3) is 0.0476. The molecule has 1 aliphatic heterocycles. The van der Waals surface area contributed by atoms with Gasteiger partial charge in [-0.1, -0.05) is 41.9 Å². The Morgan fingerprint density at radius 2 is 1.41 bits per heavy atom. The van der Waals surface area contributed by atoms with E-state index < -0.39 is 12.1 Å². The van der Waals surface area contributed by atoms with Crippen molar-refractivity contribution in [2.45, 2.75) is 6.04 Å². The van der Waals surface area contributed by atoms with E-state index in [9.17, 15) is 9.59 Å². The third-order valence-corrected chi connectivity index (χ3v) is 4.49. The summed E-state index contributed by atoms with van der Waals surface area (Å²) in [4.78, 5) is 26.1. The average Bonchev–Trinajstić information content (AvgIpc) is 2.99. The Balaban J connectivity index is 1.59. The van der Waals surface area contributed by atoms with Crippen molar-refractivity contribution in [1.29, 1.82) is 0 Å². The second-order valence-electron chi connectivity index (χ2n) is 6.03. The Bertz CT molecular complexity index is 973. The summed E-state index contributed by atoms with van der Waals surface area (Å²) in [6.45, 7) is 0. The van der Waals surface area contributed by atoms with Crippen molar-refractivity contribution in [3.63, 3.8) is 0 Å². The Hall–Kier alpha value is -3.31. The minimum Gasteiger partial charge on any atom is -0.457 e. The lowest BCUT2D eigenvalue weighted by atomic mass is 10.1. The molecule has 6 heteroatoms. The van der Waals surface area contributed by atoms with Crippen LogP contribution in [0, 0.1) is 0 Å². The van der Waals surface area contributed by atoms with Gasteiger partial charge in [0.05, 0.1) is 0 Å². The summed E-state index contributed by atoms with van der Waals surface area (Å²) in [5.74, 6) is 0.930. The highest BCUT2D eigenvalue weighted by atomic mass is 35.5. The normalized spacial score (nSPS) is 16.3. The monoisotopic (exact) mass is 378 g/mol. The Kier molecular flexibility index (Phi) is 4.52. The van der Waals surface area contributed by atoms with E-state index in [0.717, 1.165) is 5.56 Å². The molecular weight excluding hydrogens is 364 g/mol. The fourth-order valence-electron chi connectivity index (χ4n) is 2.98. The number of carbonyl (C=O) groups is 2. The number of carbonyl (C=O) groups excluding carboxylic acids is 2. The number of hydrogen-bond acceptors (Lipinski definition) is 3. The number of imide groups is 1. The highest BCUT2D eigenvalue weighted by Gasteiger charge is 2.40. The third kappa shape index (κ3) is 3.50. The van der Waals surface area contributed by atoms with Gasteiger partial charge in [0.1, 0.15) is 17.5 Å². The molecule has 0 aliphatic carbocycles. The summed E-state index contributed by atoms with van der Waals surface area (Å²) >= 11 is 5.87. The standard InChI is InChI=1S/C21H15ClN2O3/c22-15-6-10-17(11-7-15)27-18-12-8-16(9-13-18)24-19(20(25)23-21(24)26)14-4-2-1-3-5-14/h1-13,19H,(H,23,25,26). The lowest BCUT2D eigenvalue weighted by Gasteiger charge is -2.22. The lowest BCUT2D eigenvalue weighted by molar-refractivity contribution is -0.119. The zero-order valence-corrected chi connectivity index (χ0v) is 14.9. The molecule has 27 heavy (non-hydrogen) atoms.